The van der Waals surface area contributed by atoms with Crippen molar-refractivity contribution in [3.63, 3.8) is 0 Å². The predicted octanol–water partition coefficient (Wildman–Crippen LogP) is 0.851. The monoisotopic (exact) mass is 179 g/mol. The minimum Gasteiger partial charge on any atom is -0.508 e. The molecule has 0 saturated heterocycles. The van der Waals surface area contributed by atoms with Crippen LogP contribution in [-0.2, 0) is 11.2 Å². The van der Waals surface area contributed by atoms with Crippen LogP contribution in [0, 0.1) is 0 Å². The summed E-state index contributed by atoms with van der Waals surface area (Å²) in [6, 6.07) is 6.67. The van der Waals surface area contributed by atoms with Crippen molar-refractivity contribution in [1.29, 1.82) is 0 Å². The predicted molar refractivity (Wildman–Crippen MR) is 50.5 cm³/mol. The molecule has 0 amide bonds. The molecule has 0 bridgehead atoms. The van der Waals surface area contributed by atoms with Crippen molar-refractivity contribution in [3.8, 4) is 5.75 Å². The summed E-state index contributed by atoms with van der Waals surface area (Å²) in [5, 5.41) is 9.01. The van der Waals surface area contributed by atoms with E-state index in [1.165, 1.54) is 0 Å². The van der Waals surface area contributed by atoms with Gasteiger partial charge in [0.1, 0.15) is 12.0 Å². The van der Waals surface area contributed by atoms with Crippen LogP contribution in [0.2, 0.25) is 0 Å². The molecule has 1 atom stereocenters. The lowest BCUT2D eigenvalue weighted by Crippen LogP contribution is -2.40. The highest BCUT2D eigenvalue weighted by Gasteiger charge is 2.17. The molecule has 13 heavy (non-hydrogen) atoms. The third kappa shape index (κ3) is 2.87. The summed E-state index contributed by atoms with van der Waals surface area (Å²) in [7, 11) is 0. The van der Waals surface area contributed by atoms with E-state index in [0.29, 0.717) is 6.42 Å². The Morgan fingerprint density at radius 2 is 2.00 bits per heavy atom. The largest absolute Gasteiger partial charge is 0.508 e. The highest BCUT2D eigenvalue weighted by atomic mass is 16.3. The van der Waals surface area contributed by atoms with Gasteiger partial charge in [-0.05, 0) is 31.0 Å². The number of nitrogens with two attached hydrogens (primary N) is 1. The van der Waals surface area contributed by atoms with Gasteiger partial charge in [0, 0.05) is 0 Å². The van der Waals surface area contributed by atoms with Crippen LogP contribution in [0.3, 0.4) is 0 Å². The minimum absolute atomic E-state index is 0.216. The number of aromatic hydroxyl groups is 1. The molecule has 0 aromatic heterocycles. The van der Waals surface area contributed by atoms with Gasteiger partial charge in [0.05, 0.1) is 5.54 Å². The maximum absolute atomic E-state index is 10.5. The molecule has 0 aliphatic carbocycles. The minimum atomic E-state index is -0.822. The maximum atomic E-state index is 10.5. The maximum Gasteiger partial charge on any atom is 0.139 e. The smallest absolute Gasteiger partial charge is 0.139 e. The van der Waals surface area contributed by atoms with Gasteiger partial charge in [0.2, 0.25) is 0 Å². The molecule has 0 radical (unpaired) electrons. The van der Waals surface area contributed by atoms with E-state index < -0.39 is 5.54 Å². The van der Waals surface area contributed by atoms with Crippen molar-refractivity contribution >= 4 is 6.29 Å². The summed E-state index contributed by atoms with van der Waals surface area (Å²) in [6.07, 6.45) is 1.22. The van der Waals surface area contributed by atoms with Crippen LogP contribution in [0.5, 0.6) is 5.75 Å². The molecule has 1 aromatic carbocycles. The number of carbonyl (C=O) groups excluding carboxylic acids is 1. The Morgan fingerprint density at radius 1 is 1.46 bits per heavy atom. The van der Waals surface area contributed by atoms with Crippen LogP contribution in [0.4, 0.5) is 0 Å². The van der Waals surface area contributed by atoms with Crippen molar-refractivity contribution < 1.29 is 9.90 Å². The molecule has 0 heterocycles. The molecule has 0 saturated carbocycles. The molecule has 0 aliphatic heterocycles. The third-order valence-corrected chi connectivity index (χ3v) is 1.79. The van der Waals surface area contributed by atoms with Crippen LogP contribution < -0.4 is 5.73 Å². The zero-order chi connectivity index (χ0) is 9.90. The van der Waals surface area contributed by atoms with Gasteiger partial charge in [-0.2, -0.15) is 0 Å². The highest BCUT2D eigenvalue weighted by Crippen LogP contribution is 2.13. The first-order chi connectivity index (χ1) is 6.03. The van der Waals surface area contributed by atoms with Crippen LogP contribution in [0.25, 0.3) is 0 Å². The second-order valence-corrected chi connectivity index (χ2v) is 3.47. The Morgan fingerprint density at radius 3 is 2.46 bits per heavy atom. The first-order valence-corrected chi connectivity index (χ1v) is 4.07. The Bertz CT molecular complexity index is 290. The van der Waals surface area contributed by atoms with E-state index in [2.05, 4.69) is 0 Å². The number of phenolic OH excluding ortho intramolecular Hbond substituents is 1. The fraction of sp³-hybridized carbons (Fsp3) is 0.300. The van der Waals surface area contributed by atoms with Gasteiger partial charge in [0.25, 0.3) is 0 Å². The number of aldehydes is 1. The number of hydrogen-bond acceptors (Lipinski definition) is 3. The molecule has 0 aliphatic rings. The second kappa shape index (κ2) is 3.58. The Kier molecular flexibility index (Phi) is 2.68. The molecule has 3 nitrogen and oxygen atoms in total. The van der Waals surface area contributed by atoms with Gasteiger partial charge in [-0.1, -0.05) is 12.1 Å². The summed E-state index contributed by atoms with van der Waals surface area (Å²) in [5.41, 5.74) is 5.77. The number of rotatable bonds is 3. The zero-order valence-electron chi connectivity index (χ0n) is 7.53. The van der Waals surface area contributed by atoms with Gasteiger partial charge >= 0.3 is 0 Å². The quantitative estimate of drug-likeness (QED) is 0.676. The van der Waals surface area contributed by atoms with Crippen molar-refractivity contribution in [3.05, 3.63) is 29.8 Å². The molecule has 3 heteroatoms. The Hall–Kier alpha value is -1.35. The van der Waals surface area contributed by atoms with E-state index in [1.807, 2.05) is 0 Å². The lowest BCUT2D eigenvalue weighted by atomic mass is 9.96. The SMILES string of the molecule is CC(N)(C=O)Cc1ccc(O)cc1. The summed E-state index contributed by atoms with van der Waals surface area (Å²) in [6.45, 7) is 1.67. The van der Waals surface area contributed by atoms with Gasteiger partial charge in [-0.3, -0.25) is 0 Å². The van der Waals surface area contributed by atoms with E-state index in [1.54, 1.807) is 31.2 Å². The van der Waals surface area contributed by atoms with E-state index in [-0.39, 0.29) is 5.75 Å². The molecular formula is C10H13NO2. The van der Waals surface area contributed by atoms with E-state index in [9.17, 15) is 4.79 Å². The van der Waals surface area contributed by atoms with E-state index in [4.69, 9.17) is 10.8 Å². The standard InChI is InChI=1S/C10H13NO2/c1-10(11,7-12)6-8-2-4-9(13)5-3-8/h2-5,7,13H,6,11H2,1H3. The average molecular weight is 179 g/mol. The van der Waals surface area contributed by atoms with E-state index in [0.717, 1.165) is 11.8 Å². The summed E-state index contributed by atoms with van der Waals surface area (Å²) >= 11 is 0. The average Bonchev–Trinajstić information content (AvgIpc) is 2.09. The number of phenols is 1. The molecule has 0 fully saturated rings. The molecule has 1 aromatic rings. The molecule has 0 spiro atoms. The fourth-order valence-electron chi connectivity index (χ4n) is 1.10. The Labute approximate surface area is 77.2 Å². The number of hydrogen-bond donors (Lipinski definition) is 2. The van der Waals surface area contributed by atoms with Crippen LogP contribution in [-0.4, -0.2) is 16.9 Å². The van der Waals surface area contributed by atoms with Crippen molar-refractivity contribution in [1.82, 2.24) is 0 Å². The van der Waals surface area contributed by atoms with Gasteiger partial charge in [0.15, 0.2) is 0 Å². The molecular weight excluding hydrogens is 166 g/mol. The van der Waals surface area contributed by atoms with Crippen molar-refractivity contribution in [2.75, 3.05) is 0 Å². The summed E-state index contributed by atoms with van der Waals surface area (Å²) < 4.78 is 0. The molecule has 1 rings (SSSR count). The third-order valence-electron chi connectivity index (χ3n) is 1.79. The number of carbonyl (C=O) groups is 1. The fourth-order valence-corrected chi connectivity index (χ4v) is 1.10. The zero-order valence-corrected chi connectivity index (χ0v) is 7.53. The van der Waals surface area contributed by atoms with Gasteiger partial charge in [-0.15, -0.1) is 0 Å². The van der Waals surface area contributed by atoms with Crippen molar-refractivity contribution in [2.24, 2.45) is 5.73 Å². The summed E-state index contributed by atoms with van der Waals surface area (Å²) in [5.74, 6) is 0.216. The van der Waals surface area contributed by atoms with Crippen LogP contribution >= 0.6 is 0 Å². The normalized spacial score (nSPS) is 14.9. The first kappa shape index (κ1) is 9.74. The van der Waals surface area contributed by atoms with Gasteiger partial charge in [-0.25, -0.2) is 0 Å². The first-order valence-electron chi connectivity index (χ1n) is 4.07. The second-order valence-electron chi connectivity index (χ2n) is 3.47. The number of benzene rings is 1. The van der Waals surface area contributed by atoms with Gasteiger partial charge < -0.3 is 15.6 Å². The van der Waals surface area contributed by atoms with Crippen molar-refractivity contribution in [2.45, 2.75) is 18.9 Å². The summed E-state index contributed by atoms with van der Waals surface area (Å²) in [4.78, 5) is 10.5. The highest BCUT2D eigenvalue weighted by molar-refractivity contribution is 5.63. The lowest BCUT2D eigenvalue weighted by Gasteiger charge is -2.16. The molecule has 70 valence electrons. The van der Waals surface area contributed by atoms with E-state index >= 15 is 0 Å². The Balaban J connectivity index is 2.75. The topological polar surface area (TPSA) is 63.3 Å². The van der Waals surface area contributed by atoms with Crippen LogP contribution in [0.15, 0.2) is 24.3 Å². The molecule has 3 N–H and O–H groups in total. The van der Waals surface area contributed by atoms with Crippen LogP contribution in [0.1, 0.15) is 12.5 Å². The molecule has 1 unspecified atom stereocenters. The lowest BCUT2D eigenvalue weighted by molar-refractivity contribution is -0.111.